The van der Waals surface area contributed by atoms with E-state index in [4.69, 9.17) is 0 Å². The third-order valence-electron chi connectivity index (χ3n) is 2.38. The molecule has 0 unspecified atom stereocenters. The Hall–Kier alpha value is -1.23. The largest absolute Gasteiger partial charge is 0.344 e. The van der Waals surface area contributed by atoms with Crippen molar-refractivity contribution in [2.24, 2.45) is 0 Å². The van der Waals surface area contributed by atoms with Gasteiger partial charge in [-0.25, -0.2) is 13.8 Å². The van der Waals surface area contributed by atoms with Gasteiger partial charge in [0.15, 0.2) is 0 Å². The van der Waals surface area contributed by atoms with Gasteiger partial charge < -0.3 is 10.2 Å². The number of hydrogen-bond acceptors (Lipinski definition) is 3. The van der Waals surface area contributed by atoms with Crippen LogP contribution in [0.1, 0.15) is 5.56 Å². The number of anilines is 1. The van der Waals surface area contributed by atoms with Gasteiger partial charge >= 0.3 is 0 Å². The van der Waals surface area contributed by atoms with Crippen LogP contribution in [0.15, 0.2) is 18.3 Å². The Bertz CT molecular complexity index is 346. The molecule has 0 aromatic carbocycles. The lowest BCUT2D eigenvalue weighted by molar-refractivity contribution is -0.0267. The first-order valence-corrected chi connectivity index (χ1v) is 4.84. The van der Waals surface area contributed by atoms with Crippen LogP contribution in [0.3, 0.4) is 0 Å². The number of aromatic nitrogens is 1. The van der Waals surface area contributed by atoms with E-state index in [1.165, 1.54) is 0 Å². The predicted molar refractivity (Wildman–Crippen MR) is 54.2 cm³/mol. The number of pyridine rings is 1. The van der Waals surface area contributed by atoms with E-state index in [9.17, 15) is 8.78 Å². The van der Waals surface area contributed by atoms with Gasteiger partial charge in [-0.2, -0.15) is 0 Å². The summed E-state index contributed by atoms with van der Waals surface area (Å²) in [6, 6.07) is 3.71. The maximum atomic E-state index is 12.7. The third kappa shape index (κ3) is 2.07. The lowest BCUT2D eigenvalue weighted by atomic mass is 10.1. The maximum absolute atomic E-state index is 12.7. The molecule has 2 heterocycles. The van der Waals surface area contributed by atoms with Crippen molar-refractivity contribution >= 4 is 5.82 Å². The molecule has 5 heteroatoms. The second-order valence-electron chi connectivity index (χ2n) is 3.73. The van der Waals surface area contributed by atoms with Gasteiger partial charge in [0.25, 0.3) is 5.92 Å². The lowest BCUT2D eigenvalue weighted by Gasteiger charge is -2.40. The molecule has 1 aliphatic rings. The highest BCUT2D eigenvalue weighted by atomic mass is 19.3. The van der Waals surface area contributed by atoms with Gasteiger partial charge in [-0.15, -0.1) is 0 Å². The minimum atomic E-state index is -2.55. The summed E-state index contributed by atoms with van der Waals surface area (Å²) >= 11 is 0. The smallest absolute Gasteiger partial charge is 0.282 e. The van der Waals surface area contributed by atoms with Crippen LogP contribution in [0.5, 0.6) is 0 Å². The van der Waals surface area contributed by atoms with Gasteiger partial charge in [-0.3, -0.25) is 0 Å². The highest BCUT2D eigenvalue weighted by Gasteiger charge is 2.44. The molecular weight excluding hydrogens is 200 g/mol. The molecule has 3 nitrogen and oxygen atoms in total. The summed E-state index contributed by atoms with van der Waals surface area (Å²) in [5.41, 5.74) is 0.954. The zero-order valence-electron chi connectivity index (χ0n) is 8.50. The van der Waals surface area contributed by atoms with Crippen LogP contribution in [0.2, 0.25) is 0 Å². The van der Waals surface area contributed by atoms with Crippen LogP contribution < -0.4 is 10.2 Å². The molecule has 1 aliphatic heterocycles. The highest BCUT2D eigenvalue weighted by molar-refractivity contribution is 5.49. The monoisotopic (exact) mass is 213 g/mol. The van der Waals surface area contributed by atoms with Crippen LogP contribution in [-0.2, 0) is 6.54 Å². The Morgan fingerprint density at radius 1 is 1.53 bits per heavy atom. The molecule has 1 saturated heterocycles. The average Bonchev–Trinajstić information content (AvgIpc) is 2.15. The molecule has 1 aromatic rings. The molecule has 0 radical (unpaired) electrons. The van der Waals surface area contributed by atoms with Crippen molar-refractivity contribution in [1.29, 1.82) is 0 Å². The Labute approximate surface area is 87.1 Å². The first-order chi connectivity index (χ1) is 7.12. The van der Waals surface area contributed by atoms with Crippen molar-refractivity contribution in [3.63, 3.8) is 0 Å². The number of hydrogen-bond donors (Lipinski definition) is 1. The van der Waals surface area contributed by atoms with Crippen LogP contribution in [-0.4, -0.2) is 31.0 Å². The Balaban J connectivity index is 2.14. The molecule has 2 rings (SSSR count). The number of nitrogens with one attached hydrogen (secondary N) is 1. The molecule has 15 heavy (non-hydrogen) atoms. The van der Waals surface area contributed by atoms with Crippen LogP contribution >= 0.6 is 0 Å². The van der Waals surface area contributed by atoms with Crippen molar-refractivity contribution in [2.45, 2.75) is 12.5 Å². The number of rotatable bonds is 3. The van der Waals surface area contributed by atoms with Gasteiger partial charge in [0, 0.05) is 18.3 Å². The molecule has 0 spiro atoms. The van der Waals surface area contributed by atoms with E-state index < -0.39 is 5.92 Å². The molecule has 0 amide bonds. The Morgan fingerprint density at radius 3 is 2.87 bits per heavy atom. The van der Waals surface area contributed by atoms with Gasteiger partial charge in [0.2, 0.25) is 0 Å². The summed E-state index contributed by atoms with van der Waals surface area (Å²) < 4.78 is 25.4. The van der Waals surface area contributed by atoms with Crippen molar-refractivity contribution in [3.05, 3.63) is 23.9 Å². The van der Waals surface area contributed by atoms with E-state index in [0.29, 0.717) is 12.4 Å². The van der Waals surface area contributed by atoms with Crippen LogP contribution in [0, 0.1) is 0 Å². The summed E-state index contributed by atoms with van der Waals surface area (Å²) in [5, 5.41) is 2.99. The number of halogens is 2. The van der Waals surface area contributed by atoms with Gasteiger partial charge in [-0.05, 0) is 13.1 Å². The first-order valence-electron chi connectivity index (χ1n) is 4.84. The molecular formula is C10H13F2N3. The summed E-state index contributed by atoms with van der Waals surface area (Å²) in [7, 11) is 1.82. The molecule has 0 saturated carbocycles. The van der Waals surface area contributed by atoms with E-state index in [1.54, 1.807) is 11.1 Å². The standard InChI is InChI=1S/C10H13F2N3/c1-13-5-8-3-2-4-14-9(8)15-6-10(11,12)7-15/h2-4,13H,5-7H2,1H3. The van der Waals surface area contributed by atoms with Crippen molar-refractivity contribution in [2.75, 3.05) is 25.0 Å². The zero-order valence-corrected chi connectivity index (χ0v) is 8.50. The zero-order chi connectivity index (χ0) is 10.9. The fourth-order valence-electron chi connectivity index (χ4n) is 1.71. The van der Waals surface area contributed by atoms with E-state index in [1.807, 2.05) is 19.2 Å². The minimum Gasteiger partial charge on any atom is -0.344 e. The van der Waals surface area contributed by atoms with Crippen molar-refractivity contribution in [1.82, 2.24) is 10.3 Å². The summed E-state index contributed by atoms with van der Waals surface area (Å²) in [6.07, 6.45) is 1.63. The molecule has 1 aromatic heterocycles. The number of alkyl halides is 2. The molecule has 0 bridgehead atoms. The van der Waals surface area contributed by atoms with E-state index in [2.05, 4.69) is 10.3 Å². The quantitative estimate of drug-likeness (QED) is 0.819. The van der Waals surface area contributed by atoms with E-state index >= 15 is 0 Å². The predicted octanol–water partition coefficient (Wildman–Crippen LogP) is 1.26. The lowest BCUT2D eigenvalue weighted by Crippen LogP contribution is -2.57. The third-order valence-corrected chi connectivity index (χ3v) is 2.38. The van der Waals surface area contributed by atoms with Crippen molar-refractivity contribution in [3.8, 4) is 0 Å². The van der Waals surface area contributed by atoms with Crippen LogP contribution in [0.4, 0.5) is 14.6 Å². The molecule has 0 aliphatic carbocycles. The minimum absolute atomic E-state index is 0.222. The Morgan fingerprint density at radius 2 is 2.27 bits per heavy atom. The van der Waals surface area contributed by atoms with E-state index in [-0.39, 0.29) is 13.1 Å². The molecule has 82 valence electrons. The second kappa shape index (κ2) is 3.73. The first kappa shape index (κ1) is 10.3. The Kier molecular flexibility index (Phi) is 2.56. The van der Waals surface area contributed by atoms with Gasteiger partial charge in [-0.1, -0.05) is 6.07 Å². The maximum Gasteiger partial charge on any atom is 0.282 e. The summed E-state index contributed by atoms with van der Waals surface area (Å²) in [6.45, 7) is 0.201. The summed E-state index contributed by atoms with van der Waals surface area (Å²) in [5.74, 6) is -1.88. The fourth-order valence-corrected chi connectivity index (χ4v) is 1.71. The normalized spacial score (nSPS) is 18.7. The second-order valence-corrected chi connectivity index (χ2v) is 3.73. The van der Waals surface area contributed by atoms with Gasteiger partial charge in [0.05, 0.1) is 13.1 Å². The SMILES string of the molecule is CNCc1cccnc1N1CC(F)(F)C1. The van der Waals surface area contributed by atoms with Crippen molar-refractivity contribution < 1.29 is 8.78 Å². The van der Waals surface area contributed by atoms with Gasteiger partial charge in [0.1, 0.15) is 5.82 Å². The molecule has 1 N–H and O–H groups in total. The topological polar surface area (TPSA) is 28.2 Å². The average molecular weight is 213 g/mol. The summed E-state index contributed by atoms with van der Waals surface area (Å²) in [4.78, 5) is 5.74. The molecule has 0 atom stereocenters. The van der Waals surface area contributed by atoms with E-state index in [0.717, 1.165) is 5.56 Å². The number of nitrogens with zero attached hydrogens (tertiary/aromatic N) is 2. The van der Waals surface area contributed by atoms with Crippen LogP contribution in [0.25, 0.3) is 0 Å². The fraction of sp³-hybridized carbons (Fsp3) is 0.500. The molecule has 1 fully saturated rings. The highest BCUT2D eigenvalue weighted by Crippen LogP contribution is 2.32.